The van der Waals surface area contributed by atoms with E-state index in [4.69, 9.17) is 48.2 Å². The molecule has 2 aliphatic carbocycles. The van der Waals surface area contributed by atoms with Crippen molar-refractivity contribution in [2.24, 2.45) is 0 Å². The van der Waals surface area contributed by atoms with Crippen LogP contribution < -0.4 is 10.9 Å². The van der Waals surface area contributed by atoms with Gasteiger partial charge in [-0.15, -0.1) is 0 Å². The van der Waals surface area contributed by atoms with Gasteiger partial charge in [-0.25, -0.2) is 15.0 Å². The van der Waals surface area contributed by atoms with Gasteiger partial charge in [0.1, 0.15) is 0 Å². The van der Waals surface area contributed by atoms with Crippen LogP contribution in [-0.2, 0) is 10.8 Å². The first-order valence-corrected chi connectivity index (χ1v) is 44.6. The Labute approximate surface area is 774 Å². The molecule has 0 bridgehead atoms. The molecule has 3 heterocycles. The molecule has 3 aromatic heterocycles. The van der Waals surface area contributed by atoms with E-state index in [0.29, 0.717) is 15.9 Å². The topological polar surface area (TPSA) is 120 Å². The van der Waals surface area contributed by atoms with Gasteiger partial charge in [-0.2, -0.15) is 0 Å². The van der Waals surface area contributed by atoms with E-state index in [1.54, 1.807) is 24.3 Å². The molecule has 0 radical (unpaired) electrons. The molecule has 4 N–H and O–H groups in total. The number of nitrogens with zero attached hydrogens (tertiary/aromatic N) is 3. The summed E-state index contributed by atoms with van der Waals surface area (Å²) >= 11 is 15.4. The van der Waals surface area contributed by atoms with Crippen LogP contribution in [0.4, 0.5) is 0 Å². The lowest BCUT2D eigenvalue weighted by atomic mass is 9.77. The van der Waals surface area contributed by atoms with E-state index in [0.717, 1.165) is 116 Å². The SMILES string of the molecule is Brc1cccc(-c2cc(-c3ccccc3)nc(-c3ccccc3)c2)c1.CC1(C)c2ccccc2-c2cc(-c3cccc(-c4cccc(-c5cc(-c6ccccc6)nc(-c6ccccc6)c5)c4)c3)ccc21.CC1(C)c2ccccc2-c2cc(B(O)O)ccc21.Clc1cccc(-c2cccc(-c3cc(-c4ccccc4)nc(-c4ccccc4)c3)c2)c1.OB(O)c1cccc(Cl)c1. The molecular formula is C117H90B2BrCl2N3O4. The van der Waals surface area contributed by atoms with Crippen molar-refractivity contribution in [1.82, 2.24) is 15.0 Å². The molecule has 0 saturated carbocycles. The van der Waals surface area contributed by atoms with Crippen molar-refractivity contribution in [1.29, 1.82) is 0 Å². The summed E-state index contributed by atoms with van der Waals surface area (Å²) in [7, 11) is -2.84. The van der Waals surface area contributed by atoms with Crippen LogP contribution >= 0.6 is 39.1 Å². The molecule has 2 aliphatic rings. The predicted octanol–water partition coefficient (Wildman–Crippen LogP) is 28.7. The molecule has 0 saturated heterocycles. The molecule has 0 unspecified atom stereocenters. The molecular weight excluding hydrogens is 1680 g/mol. The van der Waals surface area contributed by atoms with Gasteiger partial charge < -0.3 is 20.1 Å². The second kappa shape index (κ2) is 39.5. The molecule has 129 heavy (non-hydrogen) atoms. The Kier molecular flexibility index (Phi) is 26.7. The summed E-state index contributed by atoms with van der Waals surface area (Å²) < 4.78 is 1.07. The first kappa shape index (κ1) is 87.1. The molecule has 0 spiro atoms. The third kappa shape index (κ3) is 20.2. The summed E-state index contributed by atoms with van der Waals surface area (Å²) in [5.74, 6) is 0. The molecule has 0 aliphatic heterocycles. The van der Waals surface area contributed by atoms with Gasteiger partial charge in [-0.3, -0.25) is 0 Å². The van der Waals surface area contributed by atoms with Crippen molar-refractivity contribution in [3.63, 3.8) is 0 Å². The lowest BCUT2D eigenvalue weighted by Gasteiger charge is -2.21. The highest BCUT2D eigenvalue weighted by molar-refractivity contribution is 9.10. The lowest BCUT2D eigenvalue weighted by Crippen LogP contribution is -2.30. The molecule has 19 aromatic rings. The average molecular weight is 1770 g/mol. The first-order valence-electron chi connectivity index (χ1n) is 43.0. The van der Waals surface area contributed by atoms with Crippen LogP contribution in [0.3, 0.4) is 0 Å². The lowest BCUT2D eigenvalue weighted by molar-refractivity contribution is 0.424. The van der Waals surface area contributed by atoms with Crippen molar-refractivity contribution >= 4 is 64.3 Å². The van der Waals surface area contributed by atoms with Gasteiger partial charge in [-0.1, -0.05) is 419 Å². The van der Waals surface area contributed by atoms with Gasteiger partial charge in [0, 0.05) is 58.7 Å². The van der Waals surface area contributed by atoms with Gasteiger partial charge >= 0.3 is 14.2 Å². The summed E-state index contributed by atoms with van der Waals surface area (Å²) in [5, 5.41) is 37.1. The fraction of sp³-hybridized carbons (Fsp3) is 0.0513. The second-order valence-electron chi connectivity index (χ2n) is 33.0. The van der Waals surface area contributed by atoms with Crippen molar-refractivity contribution in [2.45, 2.75) is 38.5 Å². The first-order chi connectivity index (χ1) is 62.8. The van der Waals surface area contributed by atoms with Crippen LogP contribution in [0.15, 0.2) is 453 Å². The largest absolute Gasteiger partial charge is 0.488 e. The summed E-state index contributed by atoms with van der Waals surface area (Å²) in [6.45, 7) is 9.07. The number of hydrogen-bond acceptors (Lipinski definition) is 7. The molecule has 21 rings (SSSR count). The maximum atomic E-state index is 9.29. The highest BCUT2D eigenvalue weighted by Gasteiger charge is 2.37. The van der Waals surface area contributed by atoms with Crippen LogP contribution in [-0.4, -0.2) is 49.3 Å². The van der Waals surface area contributed by atoms with Crippen LogP contribution in [0.5, 0.6) is 0 Å². The number of rotatable bonds is 14. The molecule has 0 atom stereocenters. The Morgan fingerprint density at radius 2 is 0.450 bits per heavy atom. The number of pyridine rings is 3. The van der Waals surface area contributed by atoms with Crippen molar-refractivity contribution in [3.05, 3.63) is 486 Å². The van der Waals surface area contributed by atoms with Gasteiger partial charge in [-0.05, 0) is 219 Å². The number of halogens is 3. The molecule has 0 fully saturated rings. The van der Waals surface area contributed by atoms with E-state index >= 15 is 0 Å². The van der Waals surface area contributed by atoms with Gasteiger partial charge in [0.2, 0.25) is 0 Å². The van der Waals surface area contributed by atoms with Crippen molar-refractivity contribution in [3.8, 4) is 157 Å². The van der Waals surface area contributed by atoms with Crippen molar-refractivity contribution < 1.29 is 20.1 Å². The van der Waals surface area contributed by atoms with Gasteiger partial charge in [0.25, 0.3) is 0 Å². The second-order valence-corrected chi connectivity index (χ2v) is 34.8. The van der Waals surface area contributed by atoms with Gasteiger partial charge in [0.05, 0.1) is 34.2 Å². The van der Waals surface area contributed by atoms with E-state index in [1.807, 2.05) is 133 Å². The van der Waals surface area contributed by atoms with Crippen LogP contribution in [0, 0.1) is 0 Å². The number of aromatic nitrogens is 3. The van der Waals surface area contributed by atoms with E-state index in [-0.39, 0.29) is 10.8 Å². The average Bonchev–Trinajstić information content (AvgIpc) is 1.59. The number of fused-ring (bicyclic) bond motifs is 6. The minimum absolute atomic E-state index is 0.0143. The maximum absolute atomic E-state index is 9.29. The summed E-state index contributed by atoms with van der Waals surface area (Å²) in [6.07, 6.45) is 0. The molecule has 624 valence electrons. The molecule has 16 aromatic carbocycles. The molecule has 7 nitrogen and oxygen atoms in total. The van der Waals surface area contributed by atoms with E-state index in [1.165, 1.54) is 78.4 Å². The van der Waals surface area contributed by atoms with Crippen molar-refractivity contribution in [2.75, 3.05) is 0 Å². The van der Waals surface area contributed by atoms with Crippen LogP contribution in [0.2, 0.25) is 10.0 Å². The summed E-state index contributed by atoms with van der Waals surface area (Å²) in [5.41, 5.74) is 37.9. The fourth-order valence-electron chi connectivity index (χ4n) is 17.1. The zero-order valence-electron chi connectivity index (χ0n) is 71.6. The van der Waals surface area contributed by atoms with E-state index < -0.39 is 14.2 Å². The Balaban J connectivity index is 0.000000122. The molecule has 12 heteroatoms. The minimum atomic E-state index is -1.43. The summed E-state index contributed by atoms with van der Waals surface area (Å²) in [4.78, 5) is 15.0. The van der Waals surface area contributed by atoms with E-state index in [2.05, 4.69) is 329 Å². The highest BCUT2D eigenvalue weighted by Crippen LogP contribution is 2.51. The quantitative estimate of drug-likeness (QED) is 0.0801. The maximum Gasteiger partial charge on any atom is 0.488 e. The monoisotopic (exact) mass is 1770 g/mol. The Hall–Kier alpha value is -14.0. The minimum Gasteiger partial charge on any atom is -0.423 e. The Morgan fingerprint density at radius 3 is 0.775 bits per heavy atom. The Bertz CT molecular complexity index is 7000. The standard InChI is InChI=1S/C44H33N.C29H20ClN.C23H16BrN.C15H15BO2.C6H6BClO2/c1-44(2)40-22-10-9-21-38(40)39-27-36(23-24-41(39)44)34-19-11-17-32(25-34)33-18-12-20-35(26-33)37-28-42(30-13-5-3-6-14-30)45-43(29-37)31-15-7-4-8-16-31;30-27-16-8-15-25(18-27)23-13-7-14-24(17-23)26-19-28(21-9-3-1-4-10-21)31-29(20-26)22-11-5-2-6-12-22;24-21-13-7-12-19(14-21)20-15-22(17-8-3-1-4-9-17)25-23(16-20)18-10-5-2-6-11-18;1-15(2)13-6-4-3-5-11(13)12-9-10(16(17)18)7-8-14(12)15;8-6-3-1-2-5(4-6)7(9)10/h3-29H,1-2H3;1-20H;1-16H;3-9,17-18H,1-2H3;1-4,9-10H. The third-order valence-corrected chi connectivity index (χ3v) is 24.7. The molecule has 0 amide bonds. The van der Waals surface area contributed by atoms with Crippen LogP contribution in [0.1, 0.15) is 49.9 Å². The number of benzene rings is 16. The number of hydrogen-bond donors (Lipinski definition) is 4. The predicted molar refractivity (Wildman–Crippen MR) is 543 cm³/mol. The third-order valence-electron chi connectivity index (χ3n) is 23.8. The zero-order chi connectivity index (χ0) is 89.0. The normalized spacial score (nSPS) is 12.0. The smallest absolute Gasteiger partial charge is 0.423 e. The van der Waals surface area contributed by atoms with Crippen LogP contribution in [0.25, 0.3) is 157 Å². The highest BCUT2D eigenvalue weighted by atomic mass is 79.9. The Morgan fingerprint density at radius 1 is 0.202 bits per heavy atom. The van der Waals surface area contributed by atoms with E-state index in [9.17, 15) is 10.0 Å². The van der Waals surface area contributed by atoms with Gasteiger partial charge in [0.15, 0.2) is 0 Å². The zero-order valence-corrected chi connectivity index (χ0v) is 74.7. The fourth-order valence-corrected chi connectivity index (χ4v) is 17.9. The summed E-state index contributed by atoms with van der Waals surface area (Å²) in [6, 6.07) is 154.